The topological polar surface area (TPSA) is 46.2 Å². The van der Waals surface area contributed by atoms with Gasteiger partial charge in [-0.25, -0.2) is 0 Å². The van der Waals surface area contributed by atoms with Crippen LogP contribution in [0.2, 0.25) is 0 Å². The smallest absolute Gasteiger partial charge is 0.287 e. The van der Waals surface area contributed by atoms with Crippen LogP contribution >= 0.6 is 28.5 Å². The molecule has 0 aromatic carbocycles. The third-order valence-corrected chi connectivity index (χ3v) is 4.76. The summed E-state index contributed by atoms with van der Waals surface area (Å²) in [6.45, 7) is 1.27. The Bertz CT molecular complexity index is 162. The van der Waals surface area contributed by atoms with Crippen LogP contribution in [0, 0.1) is 0 Å². The molecular weight excluding hydrogens is 181 g/mol. The normalized spacial score (nSPS) is 16.3. The monoisotopic (exact) mass is 187 g/mol. The number of amides is 1. The zero-order valence-electron chi connectivity index (χ0n) is 5.05. The van der Waals surface area contributed by atoms with Gasteiger partial charge in [0.25, 0.3) is 0 Å². The van der Waals surface area contributed by atoms with Crippen LogP contribution in [-0.2, 0) is 9.36 Å². The zero-order valence-corrected chi connectivity index (χ0v) is 7.52. The van der Waals surface area contributed by atoms with Gasteiger partial charge in [0, 0.05) is 6.92 Å². The van der Waals surface area contributed by atoms with Gasteiger partial charge in [0.05, 0.1) is 0 Å². The average Bonchev–Trinajstić information content (AvgIpc) is 1.63. The van der Waals surface area contributed by atoms with Crippen molar-refractivity contribution in [2.45, 2.75) is 6.92 Å². The second-order valence-electron chi connectivity index (χ2n) is 1.33. The molecule has 0 aromatic heterocycles. The number of carbonyl (C=O) groups excluding carboxylic acids is 1. The summed E-state index contributed by atoms with van der Waals surface area (Å²) in [5, 5.41) is 2.11. The molecule has 54 valence electrons. The highest BCUT2D eigenvalue weighted by molar-refractivity contribution is 8.64. The third kappa shape index (κ3) is 4.82. The number of halogens is 1. The van der Waals surface area contributed by atoms with Gasteiger partial charge in [0.2, 0.25) is 5.91 Å². The van der Waals surface area contributed by atoms with Gasteiger partial charge in [-0.15, -0.1) is 0 Å². The average molecular weight is 188 g/mol. The first kappa shape index (κ1) is 9.34. The predicted molar refractivity (Wildman–Crippen MR) is 40.8 cm³/mol. The Balaban J connectivity index is 3.88. The van der Waals surface area contributed by atoms with E-state index >= 15 is 0 Å². The van der Waals surface area contributed by atoms with Crippen LogP contribution in [0.4, 0.5) is 0 Å². The molecule has 0 bridgehead atoms. The molecule has 1 amide bonds. The van der Waals surface area contributed by atoms with Crippen molar-refractivity contribution in [3.63, 3.8) is 0 Å². The van der Waals surface area contributed by atoms with Gasteiger partial charge in [0.1, 0.15) is 0 Å². The summed E-state index contributed by atoms with van der Waals surface area (Å²) in [5.41, 5.74) is 0. The summed E-state index contributed by atoms with van der Waals surface area (Å²) in [6, 6.07) is 0. The van der Waals surface area contributed by atoms with Crippen molar-refractivity contribution in [3.8, 4) is 0 Å². The minimum absolute atomic E-state index is 0.373. The second kappa shape index (κ2) is 3.49. The minimum atomic E-state index is -2.94. The van der Waals surface area contributed by atoms with Crippen molar-refractivity contribution in [3.05, 3.63) is 0 Å². The molecule has 1 unspecified atom stereocenters. The van der Waals surface area contributed by atoms with Gasteiger partial charge in [-0.2, -0.15) is 0 Å². The van der Waals surface area contributed by atoms with E-state index in [-0.39, 0.29) is 5.91 Å². The maximum absolute atomic E-state index is 10.8. The van der Waals surface area contributed by atoms with Crippen LogP contribution < -0.4 is 5.09 Å². The van der Waals surface area contributed by atoms with Crippen molar-refractivity contribution in [1.29, 1.82) is 0 Å². The fourth-order valence-corrected chi connectivity index (χ4v) is 1.72. The van der Waals surface area contributed by atoms with E-state index in [9.17, 15) is 9.36 Å². The molecule has 0 aliphatic rings. The molecular formula is C3H7ClNO2PS. The van der Waals surface area contributed by atoms with E-state index in [1.54, 1.807) is 6.26 Å². The largest absolute Gasteiger partial charge is 0.312 e. The molecule has 9 heavy (non-hydrogen) atoms. The number of nitrogens with one attached hydrogen (secondary N) is 1. The number of carbonyl (C=O) groups is 1. The Labute approximate surface area is 62.5 Å². The van der Waals surface area contributed by atoms with E-state index in [0.717, 1.165) is 11.4 Å². The van der Waals surface area contributed by atoms with E-state index in [4.69, 9.17) is 11.2 Å². The van der Waals surface area contributed by atoms with Crippen molar-refractivity contribution < 1.29 is 9.36 Å². The molecule has 6 heteroatoms. The lowest BCUT2D eigenvalue weighted by Crippen LogP contribution is -2.11. The summed E-state index contributed by atoms with van der Waals surface area (Å²) < 4.78 is 10.8. The van der Waals surface area contributed by atoms with Gasteiger partial charge in [0.15, 0.2) is 0 Å². The molecule has 3 nitrogen and oxygen atoms in total. The van der Waals surface area contributed by atoms with Gasteiger partial charge in [-0.05, 0) is 17.5 Å². The Kier molecular flexibility index (Phi) is 3.63. The Hall–Kier alpha value is 0.340. The van der Waals surface area contributed by atoms with Crippen LogP contribution in [-0.4, -0.2) is 12.2 Å². The first-order chi connectivity index (χ1) is 3.98. The van der Waals surface area contributed by atoms with E-state index < -0.39 is 5.85 Å². The van der Waals surface area contributed by atoms with Crippen molar-refractivity contribution in [2.75, 3.05) is 6.26 Å². The first-order valence-electron chi connectivity index (χ1n) is 2.12. The summed E-state index contributed by atoms with van der Waals surface area (Å²) in [6.07, 6.45) is 1.57. The highest BCUT2D eigenvalue weighted by Gasteiger charge is 2.16. The van der Waals surface area contributed by atoms with Crippen molar-refractivity contribution >= 4 is 34.4 Å². The third-order valence-electron chi connectivity index (χ3n) is 0.526. The molecule has 0 radical (unpaired) electrons. The highest BCUT2D eigenvalue weighted by Crippen LogP contribution is 2.57. The quantitative estimate of drug-likeness (QED) is 0.671. The number of hydrogen-bond acceptors (Lipinski definition) is 3. The summed E-state index contributed by atoms with van der Waals surface area (Å²) in [4.78, 5) is 10.2. The van der Waals surface area contributed by atoms with Crippen molar-refractivity contribution in [2.24, 2.45) is 0 Å². The lowest BCUT2D eigenvalue weighted by atomic mass is 10.8. The first-order valence-corrected chi connectivity index (χ1v) is 6.56. The van der Waals surface area contributed by atoms with Crippen LogP contribution in [0.5, 0.6) is 0 Å². The maximum atomic E-state index is 10.8. The molecule has 0 saturated carbocycles. The van der Waals surface area contributed by atoms with Gasteiger partial charge in [-0.1, -0.05) is 11.4 Å². The molecule has 0 spiro atoms. The Morgan fingerprint density at radius 3 is 2.33 bits per heavy atom. The molecule has 0 saturated heterocycles. The van der Waals surface area contributed by atoms with Crippen LogP contribution in [0.1, 0.15) is 6.92 Å². The minimum Gasteiger partial charge on any atom is -0.287 e. The summed E-state index contributed by atoms with van der Waals surface area (Å²) in [5.74, 6) is -3.31. The van der Waals surface area contributed by atoms with Crippen LogP contribution in [0.3, 0.4) is 0 Å². The lowest BCUT2D eigenvalue weighted by Gasteiger charge is -2.05. The fourth-order valence-electron chi connectivity index (χ4n) is 0.234. The van der Waals surface area contributed by atoms with E-state index in [1.165, 1.54) is 6.92 Å². The highest BCUT2D eigenvalue weighted by atomic mass is 35.7. The maximum Gasteiger partial charge on any atom is 0.312 e. The standard InChI is InChI=1S/C3H7ClNO2PS/c1-3(6)5-8(4,7)9-2/h1-2H3,(H,5,6,7). The molecule has 1 atom stereocenters. The molecule has 0 heterocycles. The van der Waals surface area contributed by atoms with Gasteiger partial charge >= 0.3 is 5.85 Å². The Morgan fingerprint density at radius 2 is 2.22 bits per heavy atom. The van der Waals surface area contributed by atoms with E-state index in [0.29, 0.717) is 0 Å². The fraction of sp³-hybridized carbons (Fsp3) is 0.667. The second-order valence-corrected chi connectivity index (χ2v) is 7.55. The SMILES string of the molecule is CSP(=O)(Cl)NC(C)=O. The molecule has 0 aliphatic heterocycles. The number of hydrogen-bond donors (Lipinski definition) is 1. The van der Waals surface area contributed by atoms with Crippen LogP contribution in [0.25, 0.3) is 0 Å². The molecule has 0 aromatic rings. The van der Waals surface area contributed by atoms with E-state index in [1.807, 2.05) is 0 Å². The molecule has 0 aliphatic carbocycles. The lowest BCUT2D eigenvalue weighted by molar-refractivity contribution is -0.117. The Morgan fingerprint density at radius 1 is 1.78 bits per heavy atom. The zero-order chi connectivity index (χ0) is 7.49. The van der Waals surface area contributed by atoms with E-state index in [2.05, 4.69) is 5.09 Å². The van der Waals surface area contributed by atoms with Gasteiger partial charge < -0.3 is 0 Å². The number of rotatable bonds is 2. The van der Waals surface area contributed by atoms with Crippen LogP contribution in [0.15, 0.2) is 0 Å². The molecule has 0 fully saturated rings. The van der Waals surface area contributed by atoms with Crippen molar-refractivity contribution in [1.82, 2.24) is 5.09 Å². The van der Waals surface area contributed by atoms with Gasteiger partial charge in [-0.3, -0.25) is 14.4 Å². The molecule has 1 N–H and O–H groups in total. The molecule has 0 rings (SSSR count). The summed E-state index contributed by atoms with van der Waals surface area (Å²) in [7, 11) is 0. The summed E-state index contributed by atoms with van der Waals surface area (Å²) >= 11 is 6.25. The predicted octanol–water partition coefficient (Wildman–Crippen LogP) is 1.83.